The Morgan fingerprint density at radius 2 is 1.58 bits per heavy atom. The van der Waals surface area contributed by atoms with Gasteiger partial charge in [-0.25, -0.2) is 0 Å². The molecule has 0 radical (unpaired) electrons. The molecular weight excluding hydrogens is 730 g/mol. The van der Waals surface area contributed by atoms with Gasteiger partial charge in [-0.1, -0.05) is 146 Å². The first-order valence-electron chi connectivity index (χ1n) is 21.9. The summed E-state index contributed by atoms with van der Waals surface area (Å²) < 4.78 is 2.65. The Bertz CT molecular complexity index is 3150. The summed E-state index contributed by atoms with van der Waals surface area (Å²) >= 11 is 0. The van der Waals surface area contributed by atoms with Gasteiger partial charge < -0.3 is 4.57 Å². The summed E-state index contributed by atoms with van der Waals surface area (Å²) in [6, 6.07) is 31.1. The molecule has 0 bridgehead atoms. The first-order chi connectivity index (χ1) is 29.3. The average Bonchev–Trinajstić information content (AvgIpc) is 3.93. The van der Waals surface area contributed by atoms with Crippen LogP contribution in [0.2, 0.25) is 0 Å². The number of benzene rings is 4. The summed E-state index contributed by atoms with van der Waals surface area (Å²) in [5.41, 5.74) is 19.9. The molecule has 4 aromatic carbocycles. The van der Waals surface area contributed by atoms with Crippen LogP contribution in [0.1, 0.15) is 87.7 Å². The third kappa shape index (κ3) is 4.15. The van der Waals surface area contributed by atoms with Crippen LogP contribution in [0.3, 0.4) is 0 Å². The first-order valence-corrected chi connectivity index (χ1v) is 23.2. The summed E-state index contributed by atoms with van der Waals surface area (Å²) in [5.74, 6) is 1.08. The largest absolute Gasteiger partial charge is 0.309 e. The Morgan fingerprint density at radius 1 is 0.695 bits per heavy atom. The van der Waals surface area contributed by atoms with Crippen LogP contribution in [-0.4, -0.2) is 9.86 Å². The van der Waals surface area contributed by atoms with Crippen molar-refractivity contribution >= 4 is 46.8 Å². The smallest absolute Gasteiger partial charge is 0.174 e. The van der Waals surface area contributed by atoms with Crippen molar-refractivity contribution in [3.05, 3.63) is 231 Å². The van der Waals surface area contributed by atoms with Gasteiger partial charge in [0.15, 0.2) is 12.8 Å². The number of para-hydroxylation sites is 2. The van der Waals surface area contributed by atoms with E-state index < -0.39 is 7.55 Å². The molecule has 2 aliphatic heterocycles. The lowest BCUT2D eigenvalue weighted by Crippen LogP contribution is -2.39. The highest BCUT2D eigenvalue weighted by molar-refractivity contribution is 7.73. The molecule has 0 N–H and O–H groups in total. The van der Waals surface area contributed by atoms with E-state index in [1.165, 1.54) is 77.9 Å². The van der Waals surface area contributed by atoms with Crippen LogP contribution in [0.25, 0.3) is 34.3 Å². The Kier molecular flexibility index (Phi) is 6.71. The van der Waals surface area contributed by atoms with E-state index >= 15 is 0 Å². The molecule has 0 saturated carbocycles. The molecule has 0 saturated heterocycles. The Morgan fingerprint density at radius 3 is 2.53 bits per heavy atom. The van der Waals surface area contributed by atoms with Crippen molar-refractivity contribution in [3.8, 4) is 5.69 Å². The predicted molar refractivity (Wildman–Crippen MR) is 249 cm³/mol. The zero-order valence-corrected chi connectivity index (χ0v) is 33.9. The molecule has 9 aliphatic rings. The number of rotatable bonds is 2. The summed E-state index contributed by atoms with van der Waals surface area (Å²) in [6.07, 6.45) is 44.8. The molecule has 6 atom stereocenters. The summed E-state index contributed by atoms with van der Waals surface area (Å²) in [6.45, 7) is 0. The van der Waals surface area contributed by atoms with Gasteiger partial charge in [0.2, 0.25) is 0 Å². The van der Waals surface area contributed by atoms with E-state index in [0.29, 0.717) is 11.8 Å². The number of hydrogen-bond donors (Lipinski definition) is 0. The minimum absolute atomic E-state index is 0.194. The van der Waals surface area contributed by atoms with Gasteiger partial charge in [0.05, 0.1) is 16.6 Å². The highest BCUT2D eigenvalue weighted by Crippen LogP contribution is 2.66. The molecular formula is C57H43NP+. The van der Waals surface area contributed by atoms with Crippen molar-refractivity contribution in [1.29, 1.82) is 0 Å². The van der Waals surface area contributed by atoms with Crippen LogP contribution in [0.4, 0.5) is 0 Å². The van der Waals surface area contributed by atoms with E-state index in [1.807, 2.05) is 0 Å². The lowest BCUT2D eigenvalue weighted by Gasteiger charge is -2.44. The molecule has 1 aromatic heterocycles. The topological polar surface area (TPSA) is 4.93 Å². The maximum Gasteiger partial charge on any atom is 0.174 e. The molecule has 6 unspecified atom stereocenters. The zero-order chi connectivity index (χ0) is 38.4. The van der Waals surface area contributed by atoms with Gasteiger partial charge in [0.25, 0.3) is 0 Å². The average molecular weight is 773 g/mol. The monoisotopic (exact) mass is 772 g/mol. The highest BCUT2D eigenvalue weighted by atomic mass is 31.1. The summed E-state index contributed by atoms with van der Waals surface area (Å²) in [5, 5.41) is 6.26. The molecule has 1 spiro atoms. The molecule has 5 aromatic rings. The second-order valence-corrected chi connectivity index (χ2v) is 20.0. The van der Waals surface area contributed by atoms with Gasteiger partial charge in [-0.05, 0) is 101 Å². The molecule has 1 nitrogen and oxygen atoms in total. The predicted octanol–water partition coefficient (Wildman–Crippen LogP) is 13.2. The molecule has 280 valence electrons. The number of nitrogens with zero attached hydrogens (tertiary/aromatic N) is 1. The van der Waals surface area contributed by atoms with Crippen LogP contribution >= 0.6 is 7.55 Å². The van der Waals surface area contributed by atoms with Gasteiger partial charge in [0.1, 0.15) is 10.6 Å². The van der Waals surface area contributed by atoms with Crippen molar-refractivity contribution in [2.45, 2.75) is 49.4 Å². The van der Waals surface area contributed by atoms with E-state index in [4.69, 9.17) is 0 Å². The molecule has 2 heteroatoms. The summed E-state index contributed by atoms with van der Waals surface area (Å²) in [7, 11) is -0.660. The fourth-order valence-corrected chi connectivity index (χ4v) is 16.1. The first kappa shape index (κ1) is 32.9. The maximum absolute atomic E-state index is 2.77. The van der Waals surface area contributed by atoms with Crippen molar-refractivity contribution in [2.24, 2.45) is 11.8 Å². The normalized spacial score (nSPS) is 27.3. The van der Waals surface area contributed by atoms with Gasteiger partial charge in [-0.15, -0.1) is 0 Å². The number of allylic oxidation sites excluding steroid dienone is 18. The fourth-order valence-electron chi connectivity index (χ4n) is 13.0. The van der Waals surface area contributed by atoms with Crippen LogP contribution < -0.4 is 5.30 Å². The van der Waals surface area contributed by atoms with Crippen molar-refractivity contribution in [1.82, 2.24) is 4.57 Å². The standard InChI is InChI=1S/C57H43NP/c1-2-16-37(17-3-1)59-53-28-13-9-22-42(53)44-31-32-48-54(56(44)59)45-30-29-36(46-33-35-15-4-5-18-38(35)39-19-6-7-20-40(39)46)34-50(45)57(48)47-24-10-12-27-52(47)58-51-26-11-8-21-41(51)43-23-14-25-49(57)55(43)58/h2,4-7,9-20,22-27,29-34,39-40,45,50H,1,3,8,21,28H2/q+1. The van der Waals surface area contributed by atoms with Crippen molar-refractivity contribution < 1.29 is 0 Å². The van der Waals surface area contributed by atoms with E-state index in [-0.39, 0.29) is 17.3 Å². The van der Waals surface area contributed by atoms with Gasteiger partial charge >= 0.3 is 0 Å². The van der Waals surface area contributed by atoms with Crippen LogP contribution in [0, 0.1) is 11.8 Å². The molecule has 3 heterocycles. The highest BCUT2D eigenvalue weighted by Gasteiger charge is 2.60. The van der Waals surface area contributed by atoms with E-state index in [2.05, 4.69) is 181 Å². The van der Waals surface area contributed by atoms with Gasteiger partial charge in [-0.3, -0.25) is 0 Å². The Balaban J connectivity index is 1.10. The maximum atomic E-state index is 2.77. The Hall–Kier alpha value is -6.01. The van der Waals surface area contributed by atoms with Gasteiger partial charge in [-0.2, -0.15) is 0 Å². The molecule has 7 aliphatic carbocycles. The van der Waals surface area contributed by atoms with Crippen molar-refractivity contribution in [2.75, 3.05) is 0 Å². The fraction of sp³-hybridized carbons (Fsp3) is 0.175. The van der Waals surface area contributed by atoms with E-state index in [9.17, 15) is 0 Å². The second-order valence-electron chi connectivity index (χ2n) is 17.8. The number of aryl methyl sites for hydroxylation is 1. The minimum Gasteiger partial charge on any atom is -0.309 e. The van der Waals surface area contributed by atoms with Crippen LogP contribution in [0.15, 0.2) is 180 Å². The lowest BCUT2D eigenvalue weighted by molar-refractivity contribution is 0.450. The van der Waals surface area contributed by atoms with Gasteiger partial charge in [0, 0.05) is 57.9 Å². The zero-order valence-electron chi connectivity index (χ0n) is 33.0. The lowest BCUT2D eigenvalue weighted by atomic mass is 9.60. The van der Waals surface area contributed by atoms with E-state index in [1.54, 1.807) is 21.5 Å². The second kappa shape index (κ2) is 12.0. The van der Waals surface area contributed by atoms with Crippen molar-refractivity contribution in [3.63, 3.8) is 0 Å². The third-order valence-electron chi connectivity index (χ3n) is 15.2. The molecule has 14 rings (SSSR count). The molecule has 0 fully saturated rings. The molecule has 59 heavy (non-hydrogen) atoms. The minimum atomic E-state index is -0.660. The number of aromatic nitrogens is 1. The SMILES string of the molecule is C1=CCC2=[P+](C3=CCCC=C3)c3c(ccc4c3C3C=CC(C5=Cc6ccccc6C6C=CC=CC56)=CC3C43c4ccccc4-n4c5c(c6cccc3c64)CCC=C5)C2=C1. The number of fused-ring (bicyclic) bond motifs is 19. The quantitative estimate of drug-likeness (QED) is 0.158. The number of hydrogen-bond acceptors (Lipinski definition) is 0. The Labute approximate surface area is 347 Å². The van der Waals surface area contributed by atoms with E-state index in [0.717, 1.165) is 32.1 Å². The van der Waals surface area contributed by atoms with Crippen LogP contribution in [0.5, 0.6) is 0 Å². The van der Waals surface area contributed by atoms with Crippen LogP contribution in [-0.2, 0) is 11.8 Å². The molecule has 0 amide bonds. The summed E-state index contributed by atoms with van der Waals surface area (Å²) in [4.78, 5) is 0. The third-order valence-corrected chi connectivity index (χ3v) is 17.9.